The standard InChI is InChI=1S/C18H23NO3.C18H21NO3.2CH4/c2*1-11-8-14(21-3)17-16-13(11)10-19(2)7-6-18(16)5-4-12(20)9-15(18)22-17;;/h4-5,8,12,15,20H,6-7,9-10H2,1-3H3;4-5,8,15H,6-7,9-10H2,1-3H3;2*1H4/t12-,15?,18?;;;/m1.../s1. The van der Waals surface area contributed by atoms with Gasteiger partial charge in [0.25, 0.3) is 0 Å². The molecule has 0 saturated heterocycles. The van der Waals surface area contributed by atoms with Crippen LogP contribution in [0.15, 0.2) is 36.4 Å². The summed E-state index contributed by atoms with van der Waals surface area (Å²) in [5.41, 5.74) is 7.43. The van der Waals surface area contributed by atoms with Crippen LogP contribution in [0.2, 0.25) is 0 Å². The second kappa shape index (κ2) is 12.4. The average Bonchev–Trinajstić information content (AvgIpc) is 3.39. The quantitative estimate of drug-likeness (QED) is 0.417. The molecule has 2 aromatic carbocycles. The zero-order valence-corrected chi connectivity index (χ0v) is 26.7. The van der Waals surface area contributed by atoms with E-state index in [1.807, 2.05) is 6.08 Å². The Balaban J connectivity index is 0.000000174. The Labute approximate surface area is 275 Å². The van der Waals surface area contributed by atoms with E-state index in [0.29, 0.717) is 12.8 Å². The molecule has 1 N–H and O–H groups in total. The third-order valence-electron chi connectivity index (χ3n) is 10.9. The molecule has 0 saturated carbocycles. The van der Waals surface area contributed by atoms with Gasteiger partial charge in [-0.25, -0.2) is 0 Å². The fourth-order valence-electron chi connectivity index (χ4n) is 8.48. The van der Waals surface area contributed by atoms with E-state index >= 15 is 0 Å². The molecule has 4 heterocycles. The van der Waals surface area contributed by atoms with Crippen molar-refractivity contribution in [2.24, 2.45) is 0 Å². The van der Waals surface area contributed by atoms with Crippen LogP contribution >= 0.6 is 0 Å². The van der Waals surface area contributed by atoms with Gasteiger partial charge >= 0.3 is 0 Å². The first kappa shape index (κ1) is 34.0. The minimum Gasteiger partial charge on any atom is -0.493 e. The van der Waals surface area contributed by atoms with Crippen molar-refractivity contribution in [2.45, 2.75) is 96.6 Å². The lowest BCUT2D eigenvalue weighted by atomic mass is 9.68. The molecule has 0 radical (unpaired) electrons. The second-order valence-corrected chi connectivity index (χ2v) is 13.6. The van der Waals surface area contributed by atoms with Gasteiger partial charge in [-0.2, -0.15) is 0 Å². The maximum atomic E-state index is 11.9. The summed E-state index contributed by atoms with van der Waals surface area (Å²) >= 11 is 0. The third-order valence-corrected chi connectivity index (χ3v) is 10.9. The van der Waals surface area contributed by atoms with Gasteiger partial charge < -0.3 is 33.9 Å². The van der Waals surface area contributed by atoms with Crippen molar-refractivity contribution < 1.29 is 28.8 Å². The van der Waals surface area contributed by atoms with Gasteiger partial charge in [-0.15, -0.1) is 0 Å². The number of carbonyl (C=O) groups excluding carboxylic acids is 1. The molecule has 5 atom stereocenters. The predicted octanol–water partition coefficient (Wildman–Crippen LogP) is 5.80. The zero-order valence-electron chi connectivity index (χ0n) is 26.7. The number of aryl methyl sites for hydroxylation is 2. The Kier molecular flexibility index (Phi) is 9.14. The summed E-state index contributed by atoms with van der Waals surface area (Å²) in [7, 11) is 7.70. The summed E-state index contributed by atoms with van der Waals surface area (Å²) in [6.45, 7) is 8.16. The molecular formula is C38H52N2O6. The lowest BCUT2D eigenvalue weighted by Gasteiger charge is -2.35. The molecule has 46 heavy (non-hydrogen) atoms. The van der Waals surface area contributed by atoms with Gasteiger partial charge in [0, 0.05) is 37.1 Å². The van der Waals surface area contributed by atoms with Crippen molar-refractivity contribution in [2.75, 3.05) is 41.4 Å². The summed E-state index contributed by atoms with van der Waals surface area (Å²) in [6, 6.07) is 4.14. The number of aliphatic hydroxyl groups is 1. The fraction of sp³-hybridized carbons (Fsp3) is 0.553. The molecule has 4 unspecified atom stereocenters. The zero-order chi connectivity index (χ0) is 31.0. The Morgan fingerprint density at radius 2 is 1.33 bits per heavy atom. The summed E-state index contributed by atoms with van der Waals surface area (Å²) in [4.78, 5) is 16.6. The first-order valence-corrected chi connectivity index (χ1v) is 15.8. The van der Waals surface area contributed by atoms with Crippen molar-refractivity contribution >= 4 is 5.78 Å². The molecule has 2 aromatic rings. The molecule has 2 aliphatic carbocycles. The summed E-state index contributed by atoms with van der Waals surface area (Å²) in [5.74, 6) is 3.50. The fourth-order valence-corrected chi connectivity index (χ4v) is 8.48. The van der Waals surface area contributed by atoms with E-state index in [0.717, 1.165) is 62.0 Å². The number of nitrogens with zero attached hydrogens (tertiary/aromatic N) is 2. The number of benzene rings is 2. The monoisotopic (exact) mass is 632 g/mol. The van der Waals surface area contributed by atoms with Crippen LogP contribution in [0.25, 0.3) is 0 Å². The van der Waals surface area contributed by atoms with E-state index in [9.17, 15) is 9.90 Å². The van der Waals surface area contributed by atoms with Crippen molar-refractivity contribution in [3.63, 3.8) is 0 Å². The molecule has 0 fully saturated rings. The van der Waals surface area contributed by atoms with Gasteiger partial charge in [0.15, 0.2) is 28.8 Å². The maximum absolute atomic E-state index is 11.9. The van der Waals surface area contributed by atoms with Crippen molar-refractivity contribution in [3.8, 4) is 23.0 Å². The van der Waals surface area contributed by atoms with E-state index in [1.165, 1.54) is 33.4 Å². The summed E-state index contributed by atoms with van der Waals surface area (Å²) < 4.78 is 23.7. The van der Waals surface area contributed by atoms with E-state index in [4.69, 9.17) is 18.9 Å². The highest BCUT2D eigenvalue weighted by Gasteiger charge is 2.54. The smallest absolute Gasteiger partial charge is 0.166 e. The van der Waals surface area contributed by atoms with Crippen LogP contribution < -0.4 is 18.9 Å². The SMILES string of the molecule is C.C.COc1cc(C)c2c3c1OC1CC(=O)C=CC31CCN(C)C2.COc1cc(C)c2c3c1OC1C[C@H](O)C=CC31CCN(C)C2. The number of methoxy groups -OCH3 is 2. The third kappa shape index (κ3) is 5.04. The molecular weight excluding hydrogens is 580 g/mol. The van der Waals surface area contributed by atoms with Crippen LogP contribution in [-0.4, -0.2) is 80.4 Å². The number of ketones is 1. The highest BCUT2D eigenvalue weighted by Crippen LogP contribution is 2.57. The predicted molar refractivity (Wildman–Crippen MR) is 182 cm³/mol. The van der Waals surface area contributed by atoms with Crippen LogP contribution in [-0.2, 0) is 28.7 Å². The Morgan fingerprint density at radius 1 is 0.826 bits per heavy atom. The van der Waals surface area contributed by atoms with Gasteiger partial charge in [-0.1, -0.05) is 33.1 Å². The largest absolute Gasteiger partial charge is 0.493 e. The first-order valence-electron chi connectivity index (χ1n) is 15.8. The number of ether oxygens (including phenoxy) is 4. The molecule has 250 valence electrons. The Morgan fingerprint density at radius 3 is 1.85 bits per heavy atom. The van der Waals surface area contributed by atoms with Gasteiger partial charge in [-0.05, 0) is 94.3 Å². The van der Waals surface area contributed by atoms with Crippen molar-refractivity contribution in [1.82, 2.24) is 9.80 Å². The highest BCUT2D eigenvalue weighted by atomic mass is 16.5. The Bertz CT molecular complexity index is 1580. The van der Waals surface area contributed by atoms with Crippen molar-refractivity contribution in [3.05, 3.63) is 69.8 Å². The van der Waals surface area contributed by atoms with Crippen LogP contribution in [0.1, 0.15) is 73.9 Å². The van der Waals surface area contributed by atoms with Crippen LogP contribution in [0.3, 0.4) is 0 Å². The van der Waals surface area contributed by atoms with Gasteiger partial charge in [-0.3, -0.25) is 4.79 Å². The minimum atomic E-state index is -0.415. The minimum absolute atomic E-state index is 0. The van der Waals surface area contributed by atoms with Crippen molar-refractivity contribution in [1.29, 1.82) is 0 Å². The first-order chi connectivity index (χ1) is 21.1. The molecule has 0 amide bonds. The maximum Gasteiger partial charge on any atom is 0.166 e. The highest BCUT2D eigenvalue weighted by molar-refractivity contribution is 5.92. The summed E-state index contributed by atoms with van der Waals surface area (Å²) in [5, 5.41) is 10.0. The lowest BCUT2D eigenvalue weighted by Crippen LogP contribution is -2.42. The topological polar surface area (TPSA) is 80.7 Å². The van der Waals surface area contributed by atoms with Gasteiger partial charge in [0.1, 0.15) is 12.2 Å². The number of hydrogen-bond acceptors (Lipinski definition) is 8. The second-order valence-electron chi connectivity index (χ2n) is 13.6. The molecule has 2 spiro atoms. The number of aliphatic hydroxyl groups excluding tert-OH is 1. The van der Waals surface area contributed by atoms with Gasteiger partial charge in [0.2, 0.25) is 0 Å². The summed E-state index contributed by atoms with van der Waals surface area (Å²) in [6.07, 6.45) is 10.6. The van der Waals surface area contributed by atoms with E-state index in [-0.39, 0.29) is 43.7 Å². The van der Waals surface area contributed by atoms with E-state index in [1.54, 1.807) is 20.3 Å². The Hall–Kier alpha value is -3.33. The number of carbonyl (C=O) groups is 1. The van der Waals surface area contributed by atoms with E-state index in [2.05, 4.69) is 62.0 Å². The lowest BCUT2D eigenvalue weighted by molar-refractivity contribution is -0.117. The number of allylic oxidation sites excluding steroid dienone is 1. The number of rotatable bonds is 2. The molecule has 6 aliphatic rings. The van der Waals surface area contributed by atoms with Gasteiger partial charge in [0.05, 0.1) is 31.2 Å². The number of hydrogen-bond donors (Lipinski definition) is 1. The molecule has 8 nitrogen and oxygen atoms in total. The van der Waals surface area contributed by atoms with Crippen LogP contribution in [0.5, 0.6) is 23.0 Å². The van der Waals surface area contributed by atoms with Crippen LogP contribution in [0, 0.1) is 13.8 Å². The normalized spacial score (nSPS) is 29.9. The van der Waals surface area contributed by atoms with E-state index < -0.39 is 6.10 Å². The molecule has 4 aliphatic heterocycles. The molecule has 0 bridgehead atoms. The molecule has 8 heteroatoms. The molecule has 0 aromatic heterocycles. The molecule has 8 rings (SSSR count). The average molecular weight is 633 g/mol. The van der Waals surface area contributed by atoms with Crippen LogP contribution in [0.4, 0.5) is 0 Å².